The number of fused-ring (bicyclic) bond motifs is 1. The number of ether oxygens (including phenoxy) is 1. The fourth-order valence-electron chi connectivity index (χ4n) is 3.05. The molecule has 1 heterocycles. The van der Waals surface area contributed by atoms with E-state index in [1.54, 1.807) is 0 Å². The predicted molar refractivity (Wildman–Crippen MR) is 118 cm³/mol. The van der Waals surface area contributed by atoms with Gasteiger partial charge in [0, 0.05) is 10.4 Å². The van der Waals surface area contributed by atoms with Crippen molar-refractivity contribution in [3.05, 3.63) is 107 Å². The molecule has 0 aliphatic carbocycles. The molecule has 0 aliphatic heterocycles. The van der Waals surface area contributed by atoms with Crippen LogP contribution in [-0.2, 0) is 6.61 Å². The highest BCUT2D eigenvalue weighted by Crippen LogP contribution is 2.22. The van der Waals surface area contributed by atoms with Crippen molar-refractivity contribution < 1.29 is 4.74 Å². The first-order chi connectivity index (χ1) is 13.7. The van der Waals surface area contributed by atoms with Crippen LogP contribution < -0.4 is 4.74 Å². The van der Waals surface area contributed by atoms with Gasteiger partial charge in [-0.15, -0.1) is 0 Å². The highest BCUT2D eigenvalue weighted by molar-refractivity contribution is 6.30. The lowest BCUT2D eigenvalue weighted by atomic mass is 10.0. The van der Waals surface area contributed by atoms with Crippen molar-refractivity contribution in [2.75, 3.05) is 0 Å². The van der Waals surface area contributed by atoms with Gasteiger partial charge in [0.1, 0.15) is 12.4 Å². The maximum atomic E-state index is 5.95. The molecule has 4 aromatic rings. The number of para-hydroxylation sites is 1. The Hall–Kier alpha value is -3.10. The van der Waals surface area contributed by atoms with Gasteiger partial charge in [0.2, 0.25) is 0 Å². The normalized spacial score (nSPS) is 11.6. The van der Waals surface area contributed by atoms with Crippen LogP contribution in [0.2, 0.25) is 5.02 Å². The summed E-state index contributed by atoms with van der Waals surface area (Å²) in [6, 6.07) is 28.2. The number of rotatable bonds is 5. The second-order valence-corrected chi connectivity index (χ2v) is 7.12. The second kappa shape index (κ2) is 8.28. The van der Waals surface area contributed by atoms with Crippen molar-refractivity contribution >= 4 is 34.2 Å². The average molecular weight is 386 g/mol. The Labute approximate surface area is 170 Å². The molecular formula is C25H20ClNO. The van der Waals surface area contributed by atoms with Crippen molar-refractivity contribution in [3.8, 4) is 5.75 Å². The molecule has 4 rings (SSSR count). The second-order valence-electron chi connectivity index (χ2n) is 6.69. The summed E-state index contributed by atoms with van der Waals surface area (Å²) in [7, 11) is 0. The van der Waals surface area contributed by atoms with Crippen LogP contribution in [0.4, 0.5) is 0 Å². The Balaban J connectivity index is 1.43. The predicted octanol–water partition coefficient (Wildman–Crippen LogP) is 7.03. The number of allylic oxidation sites excluding steroid dienone is 1. The minimum absolute atomic E-state index is 0.448. The summed E-state index contributed by atoms with van der Waals surface area (Å²) >= 11 is 5.95. The third kappa shape index (κ3) is 4.41. The molecule has 1 aromatic heterocycles. The number of benzene rings is 3. The van der Waals surface area contributed by atoms with E-state index in [1.807, 2.05) is 60.7 Å². The standard InChI is InChI=1S/C25H20ClNO/c1-18(16-19-6-11-22(26)12-7-19)20-9-14-24(15-10-20)28-17-23-13-8-21-4-2-3-5-25(21)27-23/h2-16H,17H2,1H3. The van der Waals surface area contributed by atoms with Crippen molar-refractivity contribution in [1.82, 2.24) is 4.98 Å². The first-order valence-electron chi connectivity index (χ1n) is 9.19. The van der Waals surface area contributed by atoms with Gasteiger partial charge < -0.3 is 4.74 Å². The minimum atomic E-state index is 0.448. The molecule has 0 aliphatic rings. The molecule has 3 heteroatoms. The Morgan fingerprint density at radius 1 is 0.893 bits per heavy atom. The van der Waals surface area contributed by atoms with Crippen molar-refractivity contribution in [2.24, 2.45) is 0 Å². The lowest BCUT2D eigenvalue weighted by molar-refractivity contribution is 0.302. The van der Waals surface area contributed by atoms with Crippen LogP contribution in [0.3, 0.4) is 0 Å². The monoisotopic (exact) mass is 385 g/mol. The van der Waals surface area contributed by atoms with E-state index >= 15 is 0 Å². The molecule has 138 valence electrons. The highest BCUT2D eigenvalue weighted by Gasteiger charge is 2.02. The highest BCUT2D eigenvalue weighted by atomic mass is 35.5. The van der Waals surface area contributed by atoms with Gasteiger partial charge in [0.15, 0.2) is 0 Å². The molecule has 0 unspecified atom stereocenters. The molecule has 0 spiro atoms. The van der Waals surface area contributed by atoms with Crippen molar-refractivity contribution in [1.29, 1.82) is 0 Å². The molecule has 0 N–H and O–H groups in total. The zero-order valence-electron chi connectivity index (χ0n) is 15.6. The number of hydrogen-bond donors (Lipinski definition) is 0. The number of pyridine rings is 1. The molecular weight excluding hydrogens is 366 g/mol. The number of aromatic nitrogens is 1. The molecule has 0 atom stereocenters. The Morgan fingerprint density at radius 2 is 1.64 bits per heavy atom. The van der Waals surface area contributed by atoms with Crippen LogP contribution in [-0.4, -0.2) is 4.98 Å². The molecule has 28 heavy (non-hydrogen) atoms. The summed E-state index contributed by atoms with van der Waals surface area (Å²) in [5, 5.41) is 1.88. The van der Waals surface area contributed by atoms with E-state index in [0.29, 0.717) is 6.61 Å². The van der Waals surface area contributed by atoms with E-state index in [4.69, 9.17) is 16.3 Å². The number of hydrogen-bond acceptors (Lipinski definition) is 2. The summed E-state index contributed by atoms with van der Waals surface area (Å²) in [6.45, 7) is 2.55. The molecule has 2 nitrogen and oxygen atoms in total. The van der Waals surface area contributed by atoms with Gasteiger partial charge in [-0.2, -0.15) is 0 Å². The summed E-state index contributed by atoms with van der Waals surface area (Å²) in [5.41, 5.74) is 5.38. The van der Waals surface area contributed by atoms with E-state index in [1.165, 1.54) is 5.57 Å². The molecule has 0 amide bonds. The largest absolute Gasteiger partial charge is 0.487 e. The first-order valence-corrected chi connectivity index (χ1v) is 9.57. The SMILES string of the molecule is CC(=Cc1ccc(Cl)cc1)c1ccc(OCc2ccc3ccccc3n2)cc1. The smallest absolute Gasteiger partial charge is 0.130 e. The van der Waals surface area contributed by atoms with Crippen LogP contribution in [0.5, 0.6) is 5.75 Å². The van der Waals surface area contributed by atoms with E-state index in [-0.39, 0.29) is 0 Å². The summed E-state index contributed by atoms with van der Waals surface area (Å²) < 4.78 is 5.91. The quantitative estimate of drug-likeness (QED) is 0.344. The van der Waals surface area contributed by atoms with E-state index < -0.39 is 0 Å². The number of nitrogens with zero attached hydrogens (tertiary/aromatic N) is 1. The molecule has 0 saturated carbocycles. The molecule has 0 bridgehead atoms. The van der Waals surface area contributed by atoms with Gasteiger partial charge in [-0.05, 0) is 60.0 Å². The molecule has 0 fully saturated rings. The van der Waals surface area contributed by atoms with Gasteiger partial charge in [0.25, 0.3) is 0 Å². The first kappa shape index (κ1) is 18.3. The van der Waals surface area contributed by atoms with Gasteiger partial charge in [-0.1, -0.05) is 66.2 Å². The van der Waals surface area contributed by atoms with E-state index in [0.717, 1.165) is 38.5 Å². The van der Waals surface area contributed by atoms with Crippen LogP contribution in [0.1, 0.15) is 23.7 Å². The van der Waals surface area contributed by atoms with Gasteiger partial charge in [-0.3, -0.25) is 0 Å². The Kier molecular flexibility index (Phi) is 5.41. The Morgan fingerprint density at radius 3 is 2.43 bits per heavy atom. The molecule has 0 radical (unpaired) electrons. The lowest BCUT2D eigenvalue weighted by Gasteiger charge is -2.08. The fourth-order valence-corrected chi connectivity index (χ4v) is 3.18. The number of halogens is 1. The minimum Gasteiger partial charge on any atom is -0.487 e. The lowest BCUT2D eigenvalue weighted by Crippen LogP contribution is -1.98. The van der Waals surface area contributed by atoms with Crippen LogP contribution in [0, 0.1) is 0 Å². The zero-order valence-corrected chi connectivity index (χ0v) is 16.4. The third-order valence-electron chi connectivity index (χ3n) is 4.61. The average Bonchev–Trinajstić information content (AvgIpc) is 2.74. The van der Waals surface area contributed by atoms with Crippen molar-refractivity contribution in [3.63, 3.8) is 0 Å². The topological polar surface area (TPSA) is 22.1 Å². The van der Waals surface area contributed by atoms with E-state index in [2.05, 4.69) is 42.2 Å². The van der Waals surface area contributed by atoms with Gasteiger partial charge in [-0.25, -0.2) is 4.98 Å². The molecule has 0 saturated heterocycles. The van der Waals surface area contributed by atoms with Gasteiger partial charge in [0.05, 0.1) is 11.2 Å². The van der Waals surface area contributed by atoms with Crippen LogP contribution >= 0.6 is 11.6 Å². The summed E-state index contributed by atoms with van der Waals surface area (Å²) in [4.78, 5) is 4.65. The van der Waals surface area contributed by atoms with Crippen molar-refractivity contribution in [2.45, 2.75) is 13.5 Å². The van der Waals surface area contributed by atoms with Crippen LogP contribution in [0.15, 0.2) is 84.9 Å². The Bertz CT molecular complexity index is 1120. The van der Waals surface area contributed by atoms with Gasteiger partial charge >= 0.3 is 0 Å². The fraction of sp³-hybridized carbons (Fsp3) is 0.0800. The van der Waals surface area contributed by atoms with E-state index in [9.17, 15) is 0 Å². The summed E-state index contributed by atoms with van der Waals surface area (Å²) in [6.07, 6.45) is 2.14. The molecule has 3 aromatic carbocycles. The third-order valence-corrected chi connectivity index (χ3v) is 4.86. The summed E-state index contributed by atoms with van der Waals surface area (Å²) in [5.74, 6) is 0.831. The maximum absolute atomic E-state index is 5.95. The zero-order chi connectivity index (χ0) is 19.3. The maximum Gasteiger partial charge on any atom is 0.130 e. The van der Waals surface area contributed by atoms with Crippen LogP contribution in [0.25, 0.3) is 22.6 Å².